The molecule has 0 radical (unpaired) electrons. The smallest absolute Gasteiger partial charge is 0.235 e. The summed E-state index contributed by atoms with van der Waals surface area (Å²) in [6.07, 6.45) is 2.91. The van der Waals surface area contributed by atoms with Gasteiger partial charge in [-0.2, -0.15) is 0 Å². The molecule has 2 aromatic rings. The first-order chi connectivity index (χ1) is 9.70. The molecule has 1 atom stereocenters. The molecule has 5 nitrogen and oxygen atoms in total. The summed E-state index contributed by atoms with van der Waals surface area (Å²) in [5, 5.41) is 7.74. The van der Waals surface area contributed by atoms with Crippen LogP contribution in [0.1, 0.15) is 30.0 Å². The molecule has 5 heteroatoms. The minimum Gasteiger partial charge on any atom is -0.363 e. The summed E-state index contributed by atoms with van der Waals surface area (Å²) in [7, 11) is 1.91. The van der Waals surface area contributed by atoms with E-state index >= 15 is 0 Å². The number of benzene rings is 1. The second-order valence-corrected chi connectivity index (χ2v) is 5.11. The Bertz CT molecular complexity index is 675. The number of piperidine rings is 1. The molecule has 104 valence electrons. The van der Waals surface area contributed by atoms with Crippen LogP contribution >= 0.6 is 0 Å². The molecule has 20 heavy (non-hydrogen) atoms. The van der Waals surface area contributed by atoms with Crippen LogP contribution in [0.5, 0.6) is 0 Å². The van der Waals surface area contributed by atoms with Gasteiger partial charge in [-0.15, -0.1) is 0 Å². The summed E-state index contributed by atoms with van der Waals surface area (Å²) in [4.78, 5) is 26.5. The molecule has 1 aromatic heterocycles. The van der Waals surface area contributed by atoms with Crippen LogP contribution in [-0.4, -0.2) is 23.8 Å². The number of hydrogen-bond acceptors (Lipinski definition) is 3. The van der Waals surface area contributed by atoms with Crippen LogP contribution in [0.25, 0.3) is 10.8 Å². The number of aromatic amines is 1. The molecule has 2 heterocycles. The van der Waals surface area contributed by atoms with Crippen molar-refractivity contribution >= 4 is 22.6 Å². The maximum atomic E-state index is 12.0. The van der Waals surface area contributed by atoms with E-state index in [-0.39, 0.29) is 17.7 Å². The van der Waals surface area contributed by atoms with Gasteiger partial charge >= 0.3 is 0 Å². The van der Waals surface area contributed by atoms with Gasteiger partial charge in [-0.25, -0.2) is 0 Å². The fourth-order valence-corrected chi connectivity index (χ4v) is 2.85. The second-order valence-electron chi connectivity index (χ2n) is 5.11. The van der Waals surface area contributed by atoms with Crippen molar-refractivity contribution in [2.75, 3.05) is 7.05 Å². The van der Waals surface area contributed by atoms with Gasteiger partial charge < -0.3 is 10.3 Å². The third-order valence-corrected chi connectivity index (χ3v) is 3.81. The summed E-state index contributed by atoms with van der Waals surface area (Å²) < 4.78 is 0. The Balaban J connectivity index is 2.02. The molecule has 3 N–H and O–H groups in total. The largest absolute Gasteiger partial charge is 0.363 e. The Hall–Kier alpha value is -2.14. The Morgan fingerprint density at radius 1 is 1.30 bits per heavy atom. The maximum Gasteiger partial charge on any atom is 0.235 e. The van der Waals surface area contributed by atoms with Gasteiger partial charge in [-0.3, -0.25) is 14.9 Å². The zero-order chi connectivity index (χ0) is 14.1. The first-order valence-corrected chi connectivity index (χ1v) is 6.78. The predicted molar refractivity (Wildman–Crippen MR) is 76.2 cm³/mol. The molecule has 0 bridgehead atoms. The summed E-state index contributed by atoms with van der Waals surface area (Å²) in [5.41, 5.74) is 2.10. The Morgan fingerprint density at radius 3 is 2.90 bits per heavy atom. The van der Waals surface area contributed by atoms with E-state index in [2.05, 4.69) is 21.7 Å². The molecule has 1 fully saturated rings. The number of hydrogen-bond donors (Lipinski definition) is 3. The van der Waals surface area contributed by atoms with E-state index < -0.39 is 0 Å². The van der Waals surface area contributed by atoms with Gasteiger partial charge in [0.05, 0.1) is 5.92 Å². The molecule has 1 aliphatic heterocycles. The average molecular weight is 271 g/mol. The lowest BCUT2D eigenvalue weighted by molar-refractivity contribution is -0.134. The molecule has 0 aliphatic carbocycles. The van der Waals surface area contributed by atoms with Gasteiger partial charge in [0, 0.05) is 35.6 Å². The van der Waals surface area contributed by atoms with E-state index in [9.17, 15) is 9.59 Å². The van der Waals surface area contributed by atoms with Crippen molar-refractivity contribution in [2.24, 2.45) is 0 Å². The summed E-state index contributed by atoms with van der Waals surface area (Å²) in [6.45, 7) is 0.782. The van der Waals surface area contributed by atoms with E-state index in [0.29, 0.717) is 12.8 Å². The lowest BCUT2D eigenvalue weighted by atomic mass is 9.92. The lowest BCUT2D eigenvalue weighted by Gasteiger charge is -2.20. The number of aromatic nitrogens is 1. The van der Waals surface area contributed by atoms with Crippen molar-refractivity contribution in [3.8, 4) is 0 Å². The molecule has 0 spiro atoms. The zero-order valence-corrected chi connectivity index (χ0v) is 11.3. The maximum absolute atomic E-state index is 12.0. The van der Waals surface area contributed by atoms with Gasteiger partial charge in [0.2, 0.25) is 11.8 Å². The Morgan fingerprint density at radius 2 is 2.15 bits per heavy atom. The quantitative estimate of drug-likeness (QED) is 0.739. The number of imide groups is 1. The van der Waals surface area contributed by atoms with Gasteiger partial charge in [0.1, 0.15) is 0 Å². The highest BCUT2D eigenvalue weighted by atomic mass is 16.2. The molecule has 1 aromatic carbocycles. The van der Waals surface area contributed by atoms with Gasteiger partial charge in [0.15, 0.2) is 0 Å². The lowest BCUT2D eigenvalue weighted by Crippen LogP contribution is -2.39. The van der Waals surface area contributed by atoms with Gasteiger partial charge in [-0.1, -0.05) is 18.2 Å². The molecule has 0 saturated carbocycles. The van der Waals surface area contributed by atoms with Gasteiger partial charge in [-0.05, 0) is 19.0 Å². The van der Waals surface area contributed by atoms with Crippen LogP contribution in [-0.2, 0) is 16.1 Å². The Kier molecular flexibility index (Phi) is 3.28. The van der Waals surface area contributed by atoms with Crippen LogP contribution in [0.2, 0.25) is 0 Å². The van der Waals surface area contributed by atoms with Crippen LogP contribution in [0.15, 0.2) is 24.4 Å². The number of carbonyl (C=O) groups is 2. The van der Waals surface area contributed by atoms with E-state index in [1.54, 1.807) is 0 Å². The van der Waals surface area contributed by atoms with Crippen molar-refractivity contribution in [1.82, 2.24) is 15.6 Å². The van der Waals surface area contributed by atoms with E-state index in [4.69, 9.17) is 0 Å². The summed E-state index contributed by atoms with van der Waals surface area (Å²) in [5.74, 6) is -0.656. The van der Waals surface area contributed by atoms with Crippen molar-refractivity contribution in [1.29, 1.82) is 0 Å². The van der Waals surface area contributed by atoms with E-state index in [1.165, 1.54) is 5.56 Å². The zero-order valence-electron chi connectivity index (χ0n) is 11.3. The molecule has 3 rings (SSSR count). The van der Waals surface area contributed by atoms with E-state index in [1.807, 2.05) is 25.4 Å². The average Bonchev–Trinajstić information content (AvgIpc) is 2.84. The van der Waals surface area contributed by atoms with Crippen molar-refractivity contribution < 1.29 is 9.59 Å². The highest BCUT2D eigenvalue weighted by Crippen LogP contribution is 2.31. The number of H-pyrrole nitrogens is 1. The minimum absolute atomic E-state index is 0.182. The molecule has 1 aliphatic rings. The van der Waals surface area contributed by atoms with Crippen molar-refractivity contribution in [3.63, 3.8) is 0 Å². The number of rotatable bonds is 3. The topological polar surface area (TPSA) is 74.0 Å². The van der Waals surface area contributed by atoms with Crippen molar-refractivity contribution in [3.05, 3.63) is 35.7 Å². The number of amides is 2. The fourth-order valence-electron chi connectivity index (χ4n) is 2.85. The number of nitrogens with one attached hydrogen (secondary N) is 3. The first kappa shape index (κ1) is 12.9. The number of fused-ring (bicyclic) bond motifs is 1. The third kappa shape index (κ3) is 2.10. The molecule has 1 saturated heterocycles. The monoisotopic (exact) mass is 271 g/mol. The molecule has 2 amide bonds. The van der Waals surface area contributed by atoms with Crippen LogP contribution < -0.4 is 10.6 Å². The summed E-state index contributed by atoms with van der Waals surface area (Å²) >= 11 is 0. The Labute approximate surface area is 116 Å². The third-order valence-electron chi connectivity index (χ3n) is 3.81. The van der Waals surface area contributed by atoms with Crippen LogP contribution in [0.4, 0.5) is 0 Å². The SMILES string of the molecule is CNCc1cccc2c(C3CCC(=O)NC3=O)[nH]cc12. The van der Waals surface area contributed by atoms with E-state index in [0.717, 1.165) is 23.0 Å². The molecular formula is C15H17N3O2. The molecular weight excluding hydrogens is 254 g/mol. The van der Waals surface area contributed by atoms with Crippen LogP contribution in [0, 0.1) is 0 Å². The van der Waals surface area contributed by atoms with Gasteiger partial charge in [0.25, 0.3) is 0 Å². The van der Waals surface area contributed by atoms with Crippen molar-refractivity contribution in [2.45, 2.75) is 25.3 Å². The molecule has 1 unspecified atom stereocenters. The minimum atomic E-state index is -0.268. The highest BCUT2D eigenvalue weighted by molar-refractivity contribution is 6.03. The predicted octanol–water partition coefficient (Wildman–Crippen LogP) is 1.41. The summed E-state index contributed by atoms with van der Waals surface area (Å²) in [6, 6.07) is 6.09. The number of carbonyl (C=O) groups excluding carboxylic acids is 2. The normalized spacial score (nSPS) is 19.4. The second kappa shape index (κ2) is 5.09. The standard InChI is InChI=1S/C15H17N3O2/c1-16-7-9-3-2-4-10-12(9)8-17-14(10)11-5-6-13(19)18-15(11)20/h2-4,8,11,16-17H,5-7H2,1H3,(H,18,19,20). The van der Waals surface area contributed by atoms with Crippen LogP contribution in [0.3, 0.4) is 0 Å². The highest BCUT2D eigenvalue weighted by Gasteiger charge is 2.30. The first-order valence-electron chi connectivity index (χ1n) is 6.78. The fraction of sp³-hybridized carbons (Fsp3) is 0.333.